The Morgan fingerprint density at radius 1 is 0.765 bits per heavy atom. The standard InChI is InChI=1S/C12H8O5/c13-5-1-7-11-8(15)2-6(14)4-10(11)17-12(7)9(16)3-5/h1-4,13-16H. The highest BCUT2D eigenvalue weighted by Crippen LogP contribution is 2.42. The van der Waals surface area contributed by atoms with Crippen LogP contribution in [0.2, 0.25) is 0 Å². The van der Waals surface area contributed by atoms with Crippen LogP contribution >= 0.6 is 0 Å². The number of benzene rings is 2. The van der Waals surface area contributed by atoms with Crippen LogP contribution < -0.4 is 0 Å². The third-order valence-corrected chi connectivity index (χ3v) is 2.60. The van der Waals surface area contributed by atoms with Crippen molar-refractivity contribution in [3.63, 3.8) is 0 Å². The summed E-state index contributed by atoms with van der Waals surface area (Å²) in [6.07, 6.45) is 0. The van der Waals surface area contributed by atoms with E-state index in [1.807, 2.05) is 0 Å². The first-order valence-corrected chi connectivity index (χ1v) is 4.86. The minimum atomic E-state index is -0.227. The third-order valence-electron chi connectivity index (χ3n) is 2.60. The summed E-state index contributed by atoms with van der Waals surface area (Å²) >= 11 is 0. The zero-order chi connectivity index (χ0) is 12.2. The molecule has 3 rings (SSSR count). The lowest BCUT2D eigenvalue weighted by molar-refractivity contribution is 0.446. The lowest BCUT2D eigenvalue weighted by atomic mass is 10.1. The van der Waals surface area contributed by atoms with Gasteiger partial charge in [0.1, 0.15) is 22.8 Å². The van der Waals surface area contributed by atoms with Crippen LogP contribution in [0.15, 0.2) is 28.7 Å². The van der Waals surface area contributed by atoms with Gasteiger partial charge in [0.25, 0.3) is 0 Å². The number of phenolic OH excluding ortho intramolecular Hbond substituents is 4. The van der Waals surface area contributed by atoms with Crippen molar-refractivity contribution in [3.05, 3.63) is 24.3 Å². The summed E-state index contributed by atoms with van der Waals surface area (Å²) in [6.45, 7) is 0. The van der Waals surface area contributed by atoms with Crippen LogP contribution in [0.25, 0.3) is 21.9 Å². The molecule has 0 aliphatic heterocycles. The molecule has 5 nitrogen and oxygen atoms in total. The van der Waals surface area contributed by atoms with E-state index in [1.54, 1.807) is 0 Å². The van der Waals surface area contributed by atoms with Gasteiger partial charge in [0.05, 0.1) is 5.39 Å². The molecule has 86 valence electrons. The summed E-state index contributed by atoms with van der Waals surface area (Å²) in [5.41, 5.74) is 0.386. The van der Waals surface area contributed by atoms with Crippen LogP contribution in [0.1, 0.15) is 0 Å². The van der Waals surface area contributed by atoms with Crippen LogP contribution in [-0.4, -0.2) is 20.4 Å². The van der Waals surface area contributed by atoms with Crippen LogP contribution in [0.5, 0.6) is 23.0 Å². The fraction of sp³-hybridized carbons (Fsp3) is 0. The van der Waals surface area contributed by atoms with Gasteiger partial charge >= 0.3 is 0 Å². The molecule has 0 aliphatic carbocycles. The van der Waals surface area contributed by atoms with Gasteiger partial charge in [-0.05, 0) is 6.07 Å². The first kappa shape index (κ1) is 9.65. The minimum absolute atomic E-state index is 0.134. The topological polar surface area (TPSA) is 94.1 Å². The molecule has 1 heterocycles. The average molecular weight is 232 g/mol. The van der Waals surface area contributed by atoms with Crippen molar-refractivity contribution >= 4 is 21.9 Å². The van der Waals surface area contributed by atoms with E-state index >= 15 is 0 Å². The van der Waals surface area contributed by atoms with E-state index in [2.05, 4.69) is 0 Å². The maximum atomic E-state index is 9.74. The van der Waals surface area contributed by atoms with Crippen LogP contribution in [-0.2, 0) is 0 Å². The minimum Gasteiger partial charge on any atom is -0.508 e. The molecule has 0 bridgehead atoms. The Balaban J connectivity index is 2.60. The molecule has 0 saturated carbocycles. The Hall–Kier alpha value is -2.56. The molecule has 0 unspecified atom stereocenters. The predicted octanol–water partition coefficient (Wildman–Crippen LogP) is 2.41. The molecular weight excluding hydrogens is 224 g/mol. The second kappa shape index (κ2) is 2.98. The van der Waals surface area contributed by atoms with Crippen LogP contribution in [0.4, 0.5) is 0 Å². The second-order valence-electron chi connectivity index (χ2n) is 3.78. The Labute approximate surface area is 94.8 Å². The Morgan fingerprint density at radius 2 is 1.41 bits per heavy atom. The SMILES string of the molecule is Oc1cc(O)c2c(c1)oc1c(O)cc(O)cc12. The van der Waals surface area contributed by atoms with Gasteiger partial charge in [-0.3, -0.25) is 0 Å². The molecule has 0 saturated heterocycles. The summed E-state index contributed by atoms with van der Waals surface area (Å²) in [4.78, 5) is 0. The molecule has 5 heteroatoms. The fourth-order valence-electron chi connectivity index (χ4n) is 1.94. The van der Waals surface area contributed by atoms with Crippen molar-refractivity contribution in [3.8, 4) is 23.0 Å². The Morgan fingerprint density at radius 3 is 2.18 bits per heavy atom. The number of furan rings is 1. The van der Waals surface area contributed by atoms with Crippen molar-refractivity contribution < 1.29 is 24.8 Å². The van der Waals surface area contributed by atoms with Crippen molar-refractivity contribution in [2.75, 3.05) is 0 Å². The molecule has 0 aliphatic rings. The second-order valence-corrected chi connectivity index (χ2v) is 3.78. The van der Waals surface area contributed by atoms with E-state index in [4.69, 9.17) is 4.42 Å². The number of phenols is 4. The summed E-state index contributed by atoms with van der Waals surface area (Å²) in [6, 6.07) is 5.00. The fourth-order valence-corrected chi connectivity index (χ4v) is 1.94. The number of rotatable bonds is 0. The highest BCUT2D eigenvalue weighted by Gasteiger charge is 2.16. The van der Waals surface area contributed by atoms with Crippen LogP contribution in [0.3, 0.4) is 0 Å². The smallest absolute Gasteiger partial charge is 0.177 e. The van der Waals surface area contributed by atoms with Gasteiger partial charge in [-0.25, -0.2) is 0 Å². The quantitative estimate of drug-likeness (QED) is 0.477. The molecule has 0 atom stereocenters. The first-order chi connectivity index (χ1) is 8.06. The van der Waals surface area contributed by atoms with Crippen molar-refractivity contribution in [2.45, 2.75) is 0 Å². The molecular formula is C12H8O5. The van der Waals surface area contributed by atoms with Crippen molar-refractivity contribution in [1.29, 1.82) is 0 Å². The molecule has 4 N–H and O–H groups in total. The van der Waals surface area contributed by atoms with E-state index in [0.717, 1.165) is 6.07 Å². The first-order valence-electron chi connectivity index (χ1n) is 4.86. The largest absolute Gasteiger partial charge is 0.508 e. The van der Waals surface area contributed by atoms with Crippen molar-refractivity contribution in [1.82, 2.24) is 0 Å². The monoisotopic (exact) mass is 232 g/mol. The summed E-state index contributed by atoms with van der Waals surface area (Å²) in [7, 11) is 0. The van der Waals surface area contributed by atoms with E-state index in [0.29, 0.717) is 10.8 Å². The molecule has 0 fully saturated rings. The third kappa shape index (κ3) is 1.25. The molecule has 0 amide bonds. The van der Waals surface area contributed by atoms with Gasteiger partial charge in [-0.1, -0.05) is 0 Å². The lowest BCUT2D eigenvalue weighted by Gasteiger charge is -1.97. The van der Waals surface area contributed by atoms with E-state index in [-0.39, 0.29) is 34.2 Å². The Kier molecular flexibility index (Phi) is 1.69. The molecule has 0 radical (unpaired) electrons. The summed E-state index contributed by atoms with van der Waals surface area (Å²) < 4.78 is 5.32. The average Bonchev–Trinajstić information content (AvgIpc) is 2.56. The number of fused-ring (bicyclic) bond motifs is 3. The highest BCUT2D eigenvalue weighted by molar-refractivity contribution is 6.10. The maximum Gasteiger partial charge on any atom is 0.177 e. The van der Waals surface area contributed by atoms with Crippen molar-refractivity contribution in [2.24, 2.45) is 0 Å². The van der Waals surface area contributed by atoms with Gasteiger partial charge in [0, 0.05) is 23.6 Å². The Bertz CT molecular complexity index is 742. The molecule has 3 aromatic rings. The normalized spacial score (nSPS) is 11.3. The van der Waals surface area contributed by atoms with E-state index in [1.165, 1.54) is 18.2 Å². The molecule has 2 aromatic carbocycles. The van der Waals surface area contributed by atoms with Gasteiger partial charge in [-0.15, -0.1) is 0 Å². The van der Waals surface area contributed by atoms with E-state index in [9.17, 15) is 20.4 Å². The van der Waals surface area contributed by atoms with Gasteiger partial charge in [-0.2, -0.15) is 0 Å². The van der Waals surface area contributed by atoms with Gasteiger partial charge in [0.15, 0.2) is 11.3 Å². The number of hydrogen-bond acceptors (Lipinski definition) is 5. The number of hydrogen-bond donors (Lipinski definition) is 4. The van der Waals surface area contributed by atoms with E-state index < -0.39 is 0 Å². The highest BCUT2D eigenvalue weighted by atomic mass is 16.4. The summed E-state index contributed by atoms with van der Waals surface area (Å²) in [5, 5.41) is 38.8. The summed E-state index contributed by atoms with van der Waals surface area (Å²) in [5.74, 6) is -0.679. The molecule has 0 spiro atoms. The zero-order valence-corrected chi connectivity index (χ0v) is 8.51. The lowest BCUT2D eigenvalue weighted by Crippen LogP contribution is -1.71. The molecule has 17 heavy (non-hydrogen) atoms. The number of aromatic hydroxyl groups is 4. The van der Waals surface area contributed by atoms with Gasteiger partial charge in [0.2, 0.25) is 0 Å². The molecule has 1 aromatic heterocycles. The van der Waals surface area contributed by atoms with Crippen LogP contribution in [0, 0.1) is 0 Å². The zero-order valence-electron chi connectivity index (χ0n) is 8.51. The maximum absolute atomic E-state index is 9.74. The predicted molar refractivity (Wildman–Crippen MR) is 60.4 cm³/mol. The van der Waals surface area contributed by atoms with Gasteiger partial charge < -0.3 is 24.8 Å².